The highest BCUT2D eigenvalue weighted by molar-refractivity contribution is 5.90. The van der Waals surface area contributed by atoms with Crippen LogP contribution in [0, 0.1) is 5.92 Å². The van der Waals surface area contributed by atoms with E-state index in [0.29, 0.717) is 6.29 Å². The van der Waals surface area contributed by atoms with E-state index in [-0.39, 0.29) is 5.78 Å². The summed E-state index contributed by atoms with van der Waals surface area (Å²) >= 11 is 0. The molecule has 0 rings (SSSR count). The van der Waals surface area contributed by atoms with Crippen molar-refractivity contribution in [2.75, 3.05) is 0 Å². The molecule has 2 nitrogen and oxygen atoms in total. The fourth-order valence-corrected chi connectivity index (χ4v) is 0.0958. The number of hydrogen-bond acceptors (Lipinski definition) is 2. The van der Waals surface area contributed by atoms with Gasteiger partial charge in [-0.15, -0.1) is 0 Å². The molecule has 0 saturated heterocycles. The average molecular weight is 100 g/mol. The van der Waals surface area contributed by atoms with Crippen LogP contribution in [0.5, 0.6) is 0 Å². The maximum absolute atomic E-state index is 10.1. The van der Waals surface area contributed by atoms with Crippen LogP contribution >= 0.6 is 0 Å². The monoisotopic (exact) mass is 100 g/mol. The summed E-state index contributed by atoms with van der Waals surface area (Å²) in [7, 11) is 0. The first-order valence-electron chi connectivity index (χ1n) is 2.14. The Balaban J connectivity index is 3.55. The van der Waals surface area contributed by atoms with Crippen molar-refractivity contribution in [3.8, 4) is 0 Å². The minimum atomic E-state index is -0.417. The molecule has 0 unspecified atom stereocenters. The van der Waals surface area contributed by atoms with Gasteiger partial charge >= 0.3 is 0 Å². The van der Waals surface area contributed by atoms with Gasteiger partial charge in [-0.1, -0.05) is 0 Å². The lowest BCUT2D eigenvalue weighted by molar-refractivity contribution is -0.124. The zero-order valence-corrected chi connectivity index (χ0v) is 4.47. The van der Waals surface area contributed by atoms with Crippen LogP contribution in [0.2, 0.25) is 0 Å². The Bertz CT molecular complexity index is 86.1. The molecule has 0 aromatic carbocycles. The molecule has 0 N–H and O–H groups in total. The normalized spacial score (nSPS) is 12.9. The molecule has 1 atom stereocenters. The third kappa shape index (κ3) is 2.09. The zero-order valence-electron chi connectivity index (χ0n) is 4.47. The van der Waals surface area contributed by atoms with Gasteiger partial charge in [0.05, 0.1) is 5.92 Å². The molecule has 0 aromatic rings. The summed E-state index contributed by atoms with van der Waals surface area (Å²) in [6.07, 6.45) is 0.641. The van der Waals surface area contributed by atoms with Crippen LogP contribution < -0.4 is 0 Å². The van der Waals surface area contributed by atoms with E-state index in [0.717, 1.165) is 0 Å². The summed E-state index contributed by atoms with van der Waals surface area (Å²) in [5.74, 6) is -0.491. The van der Waals surface area contributed by atoms with Gasteiger partial charge in [0.2, 0.25) is 0 Å². The number of Topliss-reactive ketones (excluding diaryl/α,β-unsaturated/α-hetero) is 1. The van der Waals surface area contributed by atoms with Crippen molar-refractivity contribution in [2.45, 2.75) is 13.8 Å². The molecule has 0 fully saturated rings. The number of aldehydes is 1. The van der Waals surface area contributed by atoms with Crippen LogP contribution in [0.4, 0.5) is 0 Å². The van der Waals surface area contributed by atoms with Gasteiger partial charge in [0.1, 0.15) is 12.1 Å². The second-order valence-electron chi connectivity index (χ2n) is 1.54. The van der Waals surface area contributed by atoms with Crippen molar-refractivity contribution in [3.63, 3.8) is 0 Å². The van der Waals surface area contributed by atoms with Gasteiger partial charge in [0.25, 0.3) is 0 Å². The molecular formula is C5H8O2. The van der Waals surface area contributed by atoms with Gasteiger partial charge in [-0.3, -0.25) is 4.79 Å². The molecule has 0 amide bonds. The Labute approximate surface area is 42.5 Å². The molecule has 40 valence electrons. The highest BCUT2D eigenvalue weighted by Gasteiger charge is 2.02. The largest absolute Gasteiger partial charge is 0.303 e. The van der Waals surface area contributed by atoms with Gasteiger partial charge in [-0.25, -0.2) is 0 Å². The van der Waals surface area contributed by atoms with E-state index in [1.165, 1.54) is 6.92 Å². The molecule has 0 bridgehead atoms. The minimum absolute atomic E-state index is 0.0741. The zero-order chi connectivity index (χ0) is 5.86. The highest BCUT2D eigenvalue weighted by atomic mass is 16.1. The average Bonchev–Trinajstić information content (AvgIpc) is 1.65. The molecule has 0 heterocycles. The lowest BCUT2D eigenvalue weighted by atomic mass is 10.1. The standard InChI is InChI=1S/C5H8O2/c1-4(3-6)5(2)7/h3-4H,1-2H3/t4-/m1/s1. The summed E-state index contributed by atoms with van der Waals surface area (Å²) in [4.78, 5) is 19.9. The minimum Gasteiger partial charge on any atom is -0.303 e. The molecule has 0 aromatic heterocycles. The molecule has 0 spiro atoms. The van der Waals surface area contributed by atoms with E-state index < -0.39 is 5.92 Å². The lowest BCUT2D eigenvalue weighted by Crippen LogP contribution is -2.06. The first-order chi connectivity index (χ1) is 3.18. The van der Waals surface area contributed by atoms with Gasteiger partial charge in [0.15, 0.2) is 0 Å². The van der Waals surface area contributed by atoms with Gasteiger partial charge in [-0.2, -0.15) is 0 Å². The van der Waals surface area contributed by atoms with E-state index in [1.807, 2.05) is 0 Å². The summed E-state index contributed by atoms with van der Waals surface area (Å²) in [5.41, 5.74) is 0. The van der Waals surface area contributed by atoms with Crippen LogP contribution in [0.3, 0.4) is 0 Å². The first kappa shape index (κ1) is 6.34. The van der Waals surface area contributed by atoms with E-state index in [4.69, 9.17) is 0 Å². The van der Waals surface area contributed by atoms with Crippen LogP contribution in [0.15, 0.2) is 0 Å². The van der Waals surface area contributed by atoms with E-state index >= 15 is 0 Å². The molecule has 2 heteroatoms. The number of hydrogen-bond donors (Lipinski definition) is 0. The van der Waals surface area contributed by atoms with E-state index in [1.54, 1.807) is 6.92 Å². The Hall–Kier alpha value is -0.660. The predicted molar refractivity (Wildman–Crippen MR) is 25.9 cm³/mol. The number of carbonyl (C=O) groups excluding carboxylic acids is 2. The Morgan fingerprint density at radius 3 is 2.14 bits per heavy atom. The van der Waals surface area contributed by atoms with E-state index in [9.17, 15) is 9.59 Å². The second kappa shape index (κ2) is 2.50. The van der Waals surface area contributed by atoms with Gasteiger partial charge < -0.3 is 4.79 Å². The van der Waals surface area contributed by atoms with Gasteiger partial charge in [-0.05, 0) is 13.8 Å². The Morgan fingerprint density at radius 2 is 2.14 bits per heavy atom. The topological polar surface area (TPSA) is 34.1 Å². The summed E-state index contributed by atoms with van der Waals surface area (Å²) in [5, 5.41) is 0. The summed E-state index contributed by atoms with van der Waals surface area (Å²) < 4.78 is 0. The van der Waals surface area contributed by atoms with Crippen LogP contribution in [0.25, 0.3) is 0 Å². The SMILES string of the molecule is CC(=O)[C@H](C)C=O. The maximum atomic E-state index is 10.1. The van der Waals surface area contributed by atoms with Crippen LogP contribution in [-0.4, -0.2) is 12.1 Å². The van der Waals surface area contributed by atoms with Crippen LogP contribution in [0.1, 0.15) is 13.8 Å². The second-order valence-corrected chi connectivity index (χ2v) is 1.54. The molecular weight excluding hydrogens is 92.1 g/mol. The van der Waals surface area contributed by atoms with Gasteiger partial charge in [0, 0.05) is 0 Å². The summed E-state index contributed by atoms with van der Waals surface area (Å²) in [6, 6.07) is 0. The fraction of sp³-hybridized carbons (Fsp3) is 0.600. The molecule has 0 radical (unpaired) electrons. The molecule has 0 saturated carbocycles. The van der Waals surface area contributed by atoms with Crippen molar-refractivity contribution in [3.05, 3.63) is 0 Å². The molecule has 7 heavy (non-hydrogen) atoms. The van der Waals surface area contributed by atoms with Crippen molar-refractivity contribution in [1.29, 1.82) is 0 Å². The quantitative estimate of drug-likeness (QED) is 0.372. The third-order valence-electron chi connectivity index (χ3n) is 0.845. The number of rotatable bonds is 2. The lowest BCUT2D eigenvalue weighted by Gasteiger charge is -1.89. The third-order valence-corrected chi connectivity index (χ3v) is 0.845. The first-order valence-corrected chi connectivity index (χ1v) is 2.14. The summed E-state index contributed by atoms with van der Waals surface area (Å²) in [6.45, 7) is 2.98. The Kier molecular flexibility index (Phi) is 2.27. The molecule has 0 aliphatic rings. The van der Waals surface area contributed by atoms with Crippen molar-refractivity contribution >= 4 is 12.1 Å². The van der Waals surface area contributed by atoms with E-state index in [2.05, 4.69) is 0 Å². The van der Waals surface area contributed by atoms with Crippen molar-refractivity contribution in [1.82, 2.24) is 0 Å². The molecule has 0 aliphatic carbocycles. The highest BCUT2D eigenvalue weighted by Crippen LogP contribution is 1.87. The van der Waals surface area contributed by atoms with Crippen molar-refractivity contribution < 1.29 is 9.59 Å². The number of carbonyl (C=O) groups is 2. The van der Waals surface area contributed by atoms with Crippen LogP contribution in [-0.2, 0) is 9.59 Å². The Morgan fingerprint density at radius 1 is 1.71 bits per heavy atom. The maximum Gasteiger partial charge on any atom is 0.139 e. The smallest absolute Gasteiger partial charge is 0.139 e. The predicted octanol–water partition coefficient (Wildman–Crippen LogP) is 0.410. The molecule has 0 aliphatic heterocycles. The van der Waals surface area contributed by atoms with Crippen molar-refractivity contribution in [2.24, 2.45) is 5.92 Å². The number of ketones is 1. The fourth-order valence-electron chi connectivity index (χ4n) is 0.0958.